The molecule has 6 nitrogen and oxygen atoms in total. The first-order valence-electron chi connectivity index (χ1n) is 8.78. The number of halogens is 1. The van der Waals surface area contributed by atoms with Gasteiger partial charge in [-0.15, -0.1) is 0 Å². The molecule has 0 unspecified atom stereocenters. The zero-order valence-electron chi connectivity index (χ0n) is 16.0. The summed E-state index contributed by atoms with van der Waals surface area (Å²) in [6, 6.07) is 4.94. The molecule has 0 aliphatic carbocycles. The molecule has 0 aliphatic rings. The van der Waals surface area contributed by atoms with E-state index < -0.39 is 8.07 Å². The maximum Gasteiger partial charge on any atom is 0.354 e. The second kappa shape index (κ2) is 8.00. The molecule has 3 aromatic rings. The van der Waals surface area contributed by atoms with E-state index in [1.807, 2.05) is 16.8 Å². The molecular weight excluding hydrogens is 426 g/mol. The van der Waals surface area contributed by atoms with Gasteiger partial charge in [0.05, 0.1) is 7.11 Å². The van der Waals surface area contributed by atoms with Crippen LogP contribution < -0.4 is 0 Å². The Morgan fingerprint density at radius 3 is 2.81 bits per heavy atom. The average Bonchev–Trinajstić information content (AvgIpc) is 3.22. The molecule has 0 aliphatic heterocycles. The standard InChI is InChI=1S/C19H24BrN3O3Si/c1-25-19(24)17-7-13(9-21-17)16-11-23(12-26-5-6-27(2,3)4)18-15(16)8-14(20)10-22-18/h7-11,21H,5-6,12H2,1-4H3. The summed E-state index contributed by atoms with van der Waals surface area (Å²) in [5.41, 5.74) is 3.16. The second-order valence-corrected chi connectivity index (χ2v) is 14.2. The number of ether oxygens (including phenoxy) is 2. The molecule has 27 heavy (non-hydrogen) atoms. The van der Waals surface area contributed by atoms with Crippen LogP contribution in [0.15, 0.2) is 35.2 Å². The number of aromatic nitrogens is 3. The molecule has 0 fully saturated rings. The molecule has 3 rings (SSSR count). The van der Waals surface area contributed by atoms with Crippen molar-refractivity contribution in [1.29, 1.82) is 0 Å². The highest BCUT2D eigenvalue weighted by atomic mass is 79.9. The summed E-state index contributed by atoms with van der Waals surface area (Å²) in [4.78, 5) is 19.3. The third-order valence-electron chi connectivity index (χ3n) is 4.31. The zero-order valence-corrected chi connectivity index (χ0v) is 18.6. The Morgan fingerprint density at radius 1 is 1.33 bits per heavy atom. The molecule has 0 amide bonds. The number of nitrogens with one attached hydrogen (secondary N) is 1. The van der Waals surface area contributed by atoms with Gasteiger partial charge in [0, 0.05) is 54.3 Å². The highest BCUT2D eigenvalue weighted by Crippen LogP contribution is 2.32. The summed E-state index contributed by atoms with van der Waals surface area (Å²) in [5, 5.41) is 0.994. The van der Waals surface area contributed by atoms with Gasteiger partial charge in [-0.1, -0.05) is 19.6 Å². The molecule has 144 valence electrons. The number of carbonyl (C=O) groups is 1. The predicted octanol–water partition coefficient (Wildman–Crippen LogP) is 4.89. The van der Waals surface area contributed by atoms with Crippen molar-refractivity contribution in [3.05, 3.63) is 40.9 Å². The van der Waals surface area contributed by atoms with Gasteiger partial charge >= 0.3 is 5.97 Å². The molecular formula is C19H24BrN3O3Si. The van der Waals surface area contributed by atoms with E-state index in [0.717, 1.165) is 39.3 Å². The molecule has 0 radical (unpaired) electrons. The summed E-state index contributed by atoms with van der Waals surface area (Å²) in [6.45, 7) is 8.21. The Bertz CT molecular complexity index is 959. The van der Waals surface area contributed by atoms with Gasteiger partial charge in [-0.3, -0.25) is 0 Å². The lowest BCUT2D eigenvalue weighted by Crippen LogP contribution is -2.22. The molecule has 0 saturated carbocycles. The lowest BCUT2D eigenvalue weighted by atomic mass is 10.1. The lowest BCUT2D eigenvalue weighted by molar-refractivity contribution is 0.0595. The molecule has 1 N–H and O–H groups in total. The smallest absolute Gasteiger partial charge is 0.354 e. The van der Waals surface area contributed by atoms with Crippen LogP contribution in [0.1, 0.15) is 10.5 Å². The van der Waals surface area contributed by atoms with Crippen LogP contribution in [-0.2, 0) is 16.2 Å². The van der Waals surface area contributed by atoms with Crippen LogP contribution in [0.2, 0.25) is 25.7 Å². The first-order valence-corrected chi connectivity index (χ1v) is 13.3. The third-order valence-corrected chi connectivity index (χ3v) is 6.44. The van der Waals surface area contributed by atoms with Gasteiger partial charge in [0.15, 0.2) is 0 Å². The maximum absolute atomic E-state index is 11.7. The Labute approximate surface area is 168 Å². The van der Waals surface area contributed by atoms with E-state index in [1.54, 1.807) is 18.5 Å². The van der Waals surface area contributed by atoms with Gasteiger partial charge in [-0.25, -0.2) is 9.78 Å². The van der Waals surface area contributed by atoms with E-state index in [-0.39, 0.29) is 5.97 Å². The number of hydrogen-bond donors (Lipinski definition) is 1. The van der Waals surface area contributed by atoms with Crippen LogP contribution in [0.4, 0.5) is 0 Å². The van der Waals surface area contributed by atoms with Gasteiger partial charge in [-0.2, -0.15) is 0 Å². The second-order valence-electron chi connectivity index (χ2n) is 7.68. The van der Waals surface area contributed by atoms with E-state index in [2.05, 4.69) is 45.5 Å². The van der Waals surface area contributed by atoms with E-state index in [9.17, 15) is 4.79 Å². The molecule has 8 heteroatoms. The minimum Gasteiger partial charge on any atom is -0.464 e. The van der Waals surface area contributed by atoms with Gasteiger partial charge in [0.1, 0.15) is 18.1 Å². The molecule has 0 saturated heterocycles. The number of aromatic amines is 1. The summed E-state index contributed by atoms with van der Waals surface area (Å²) < 4.78 is 13.6. The largest absolute Gasteiger partial charge is 0.464 e. The van der Waals surface area contributed by atoms with Crippen LogP contribution in [-0.4, -0.2) is 42.3 Å². The van der Waals surface area contributed by atoms with E-state index >= 15 is 0 Å². The minimum absolute atomic E-state index is 0.390. The van der Waals surface area contributed by atoms with Crippen LogP contribution in [0.5, 0.6) is 0 Å². The monoisotopic (exact) mass is 449 g/mol. The van der Waals surface area contributed by atoms with E-state index in [4.69, 9.17) is 9.47 Å². The van der Waals surface area contributed by atoms with Gasteiger partial charge in [0.25, 0.3) is 0 Å². The van der Waals surface area contributed by atoms with Crippen molar-refractivity contribution in [3.63, 3.8) is 0 Å². The SMILES string of the molecule is COC(=O)c1cc(-c2cn(COCC[Si](C)(C)C)c3ncc(Br)cc23)c[nH]1. The highest BCUT2D eigenvalue weighted by Gasteiger charge is 2.16. The number of carbonyl (C=O) groups excluding carboxylic acids is 1. The van der Waals surface area contributed by atoms with Crippen LogP contribution in [0, 0.1) is 0 Å². The van der Waals surface area contributed by atoms with Crippen LogP contribution in [0.3, 0.4) is 0 Å². The summed E-state index contributed by atoms with van der Waals surface area (Å²) in [6.07, 6.45) is 5.60. The molecule has 3 aromatic heterocycles. The first-order chi connectivity index (χ1) is 12.8. The summed E-state index contributed by atoms with van der Waals surface area (Å²) in [7, 11) is 0.249. The fourth-order valence-electron chi connectivity index (χ4n) is 2.79. The van der Waals surface area contributed by atoms with Crippen molar-refractivity contribution in [2.45, 2.75) is 32.4 Å². The highest BCUT2D eigenvalue weighted by molar-refractivity contribution is 9.10. The van der Waals surface area contributed by atoms with Crippen molar-refractivity contribution in [3.8, 4) is 11.1 Å². The topological polar surface area (TPSA) is 69.1 Å². The number of esters is 1. The Morgan fingerprint density at radius 2 is 2.11 bits per heavy atom. The number of pyridine rings is 1. The fraction of sp³-hybridized carbons (Fsp3) is 0.368. The number of hydrogen-bond acceptors (Lipinski definition) is 4. The van der Waals surface area contributed by atoms with E-state index in [0.29, 0.717) is 12.4 Å². The number of rotatable bonds is 7. The number of H-pyrrole nitrogens is 1. The van der Waals surface area contributed by atoms with Gasteiger partial charge in [0.2, 0.25) is 0 Å². The first kappa shape index (κ1) is 19.8. The molecule has 3 heterocycles. The maximum atomic E-state index is 11.7. The van der Waals surface area contributed by atoms with Crippen LogP contribution >= 0.6 is 15.9 Å². The van der Waals surface area contributed by atoms with Crippen molar-refractivity contribution in [2.75, 3.05) is 13.7 Å². The normalized spacial score (nSPS) is 11.9. The minimum atomic E-state index is -1.12. The molecule has 0 bridgehead atoms. The van der Waals surface area contributed by atoms with Crippen molar-refractivity contribution in [2.24, 2.45) is 0 Å². The van der Waals surface area contributed by atoms with Crippen molar-refractivity contribution < 1.29 is 14.3 Å². The van der Waals surface area contributed by atoms with E-state index in [1.165, 1.54) is 7.11 Å². The van der Waals surface area contributed by atoms with Crippen molar-refractivity contribution in [1.82, 2.24) is 14.5 Å². The predicted molar refractivity (Wildman–Crippen MR) is 113 cm³/mol. The molecule has 0 atom stereocenters. The Balaban J connectivity index is 1.90. The number of nitrogens with zero attached hydrogens (tertiary/aromatic N) is 2. The average molecular weight is 450 g/mol. The number of fused-ring (bicyclic) bond motifs is 1. The van der Waals surface area contributed by atoms with Crippen molar-refractivity contribution >= 4 is 41.0 Å². The lowest BCUT2D eigenvalue weighted by Gasteiger charge is -2.15. The number of methoxy groups -OCH3 is 1. The van der Waals surface area contributed by atoms with Gasteiger partial charge in [-0.05, 0) is 34.1 Å². The molecule has 0 spiro atoms. The summed E-state index contributed by atoms with van der Waals surface area (Å²) >= 11 is 3.49. The molecule has 0 aromatic carbocycles. The van der Waals surface area contributed by atoms with Crippen LogP contribution in [0.25, 0.3) is 22.2 Å². The Hall–Kier alpha value is -1.90. The third kappa shape index (κ3) is 4.69. The summed E-state index contributed by atoms with van der Waals surface area (Å²) in [5.74, 6) is -0.390. The fourth-order valence-corrected chi connectivity index (χ4v) is 3.88. The quantitative estimate of drug-likeness (QED) is 0.316. The zero-order chi connectivity index (χ0) is 19.6. The Kier molecular flexibility index (Phi) is 5.88. The van der Waals surface area contributed by atoms with Gasteiger partial charge < -0.3 is 19.0 Å².